The van der Waals surface area contributed by atoms with Crippen LogP contribution in [0.5, 0.6) is 0 Å². The number of nitro groups is 1. The Labute approximate surface area is 121 Å². The maximum absolute atomic E-state index is 10.7. The van der Waals surface area contributed by atoms with Crippen molar-refractivity contribution in [3.05, 3.63) is 76.6 Å². The summed E-state index contributed by atoms with van der Waals surface area (Å²) in [7, 11) is 0. The van der Waals surface area contributed by atoms with Crippen LogP contribution in [0.1, 0.15) is 12.0 Å². The lowest BCUT2D eigenvalue weighted by Gasteiger charge is -2.12. The normalized spacial score (nSPS) is 14.2. The summed E-state index contributed by atoms with van der Waals surface area (Å²) < 4.78 is 0. The molecule has 0 saturated carbocycles. The van der Waals surface area contributed by atoms with E-state index in [1.54, 1.807) is 23.3 Å². The van der Waals surface area contributed by atoms with E-state index >= 15 is 0 Å². The second kappa shape index (κ2) is 5.16. The molecule has 0 unspecified atom stereocenters. The van der Waals surface area contributed by atoms with Gasteiger partial charge in [0.15, 0.2) is 5.82 Å². The maximum Gasteiger partial charge on any atom is 0.269 e. The Balaban J connectivity index is 1.90. The summed E-state index contributed by atoms with van der Waals surface area (Å²) in [6.07, 6.45) is 2.29. The predicted molar refractivity (Wildman–Crippen MR) is 80.1 cm³/mol. The number of nitro benzene ring substituents is 1. The van der Waals surface area contributed by atoms with Gasteiger partial charge in [-0.15, -0.1) is 0 Å². The first-order valence-electron chi connectivity index (χ1n) is 6.36. The fraction of sp³-hybridized carbons (Fsp3) is 0.0667. The van der Waals surface area contributed by atoms with Gasteiger partial charge in [-0.3, -0.25) is 10.1 Å². The van der Waals surface area contributed by atoms with Crippen LogP contribution in [0.15, 0.2) is 66.0 Å². The van der Waals surface area contributed by atoms with E-state index < -0.39 is 4.92 Å². The molecule has 3 rings (SSSR count). The third kappa shape index (κ3) is 2.51. The fourth-order valence-corrected chi connectivity index (χ4v) is 2.12. The summed E-state index contributed by atoms with van der Waals surface area (Å²) in [4.78, 5) is 14.5. The Hall–Kier alpha value is -3.02. The summed E-state index contributed by atoms with van der Waals surface area (Å²) in [5.74, 6) is 0.708. The standard InChI is InChI=1S/C15H12N4O2/c1-11-10-14(12-5-7-13(8-6-12)19(20)21)17-18(11)15-4-2-3-9-16-15/h2-9H,1,10H2. The molecule has 1 aromatic heterocycles. The van der Waals surface area contributed by atoms with Gasteiger partial charge in [0.25, 0.3) is 5.69 Å². The van der Waals surface area contributed by atoms with Crippen molar-refractivity contribution in [1.29, 1.82) is 0 Å². The molecule has 0 radical (unpaired) electrons. The van der Waals surface area contributed by atoms with Crippen molar-refractivity contribution in [3.8, 4) is 0 Å². The van der Waals surface area contributed by atoms with Crippen LogP contribution in [0.25, 0.3) is 0 Å². The highest BCUT2D eigenvalue weighted by atomic mass is 16.6. The van der Waals surface area contributed by atoms with E-state index in [9.17, 15) is 10.1 Å². The summed E-state index contributed by atoms with van der Waals surface area (Å²) in [5.41, 5.74) is 2.56. The minimum absolute atomic E-state index is 0.0674. The second-order valence-electron chi connectivity index (χ2n) is 4.59. The first-order chi connectivity index (χ1) is 10.1. The molecule has 2 heterocycles. The summed E-state index contributed by atoms with van der Waals surface area (Å²) in [5, 5.41) is 16.9. The Morgan fingerprint density at radius 2 is 1.95 bits per heavy atom. The minimum Gasteiger partial charge on any atom is -0.258 e. The number of aromatic nitrogens is 1. The van der Waals surface area contributed by atoms with Crippen molar-refractivity contribution in [2.24, 2.45) is 5.10 Å². The van der Waals surface area contributed by atoms with Crippen LogP contribution < -0.4 is 5.01 Å². The van der Waals surface area contributed by atoms with Gasteiger partial charge in [-0.25, -0.2) is 9.99 Å². The zero-order valence-electron chi connectivity index (χ0n) is 11.1. The fourth-order valence-electron chi connectivity index (χ4n) is 2.12. The Morgan fingerprint density at radius 3 is 2.57 bits per heavy atom. The Bertz CT molecular complexity index is 723. The molecule has 0 atom stereocenters. The molecule has 1 aliphatic heterocycles. The molecule has 21 heavy (non-hydrogen) atoms. The van der Waals surface area contributed by atoms with Crippen LogP contribution >= 0.6 is 0 Å². The minimum atomic E-state index is -0.417. The Kier molecular flexibility index (Phi) is 3.19. The third-order valence-corrected chi connectivity index (χ3v) is 3.17. The number of pyridine rings is 1. The van der Waals surface area contributed by atoms with Crippen molar-refractivity contribution >= 4 is 17.2 Å². The number of benzene rings is 1. The van der Waals surface area contributed by atoms with Gasteiger partial charge < -0.3 is 0 Å². The van der Waals surface area contributed by atoms with Gasteiger partial charge >= 0.3 is 0 Å². The van der Waals surface area contributed by atoms with Gasteiger partial charge in [0.1, 0.15) is 0 Å². The van der Waals surface area contributed by atoms with E-state index in [4.69, 9.17) is 0 Å². The maximum atomic E-state index is 10.7. The van der Waals surface area contributed by atoms with Crippen molar-refractivity contribution in [2.45, 2.75) is 6.42 Å². The van der Waals surface area contributed by atoms with Crippen LogP contribution in [0.2, 0.25) is 0 Å². The van der Waals surface area contributed by atoms with E-state index in [-0.39, 0.29) is 5.69 Å². The largest absolute Gasteiger partial charge is 0.269 e. The first-order valence-corrected chi connectivity index (χ1v) is 6.36. The molecule has 6 nitrogen and oxygen atoms in total. The average molecular weight is 280 g/mol. The SMILES string of the molecule is C=C1CC(c2ccc([N+](=O)[O-])cc2)=NN1c1ccccn1. The van der Waals surface area contributed by atoms with Gasteiger partial charge in [0, 0.05) is 30.4 Å². The quantitative estimate of drug-likeness (QED) is 0.639. The molecule has 1 aliphatic rings. The summed E-state index contributed by atoms with van der Waals surface area (Å²) >= 11 is 0. The van der Waals surface area contributed by atoms with Crippen molar-refractivity contribution in [3.63, 3.8) is 0 Å². The molecule has 0 spiro atoms. The van der Waals surface area contributed by atoms with Crippen molar-refractivity contribution in [1.82, 2.24) is 4.98 Å². The highest BCUT2D eigenvalue weighted by molar-refractivity contribution is 6.04. The molecule has 104 valence electrons. The second-order valence-corrected chi connectivity index (χ2v) is 4.59. The number of allylic oxidation sites excluding steroid dienone is 1. The zero-order valence-corrected chi connectivity index (χ0v) is 11.1. The molecule has 6 heteroatoms. The van der Waals surface area contributed by atoms with Crippen LogP contribution in [0, 0.1) is 10.1 Å². The molecular weight excluding hydrogens is 268 g/mol. The highest BCUT2D eigenvalue weighted by Gasteiger charge is 2.22. The smallest absolute Gasteiger partial charge is 0.258 e. The van der Waals surface area contributed by atoms with Gasteiger partial charge in [-0.05, 0) is 29.8 Å². The summed E-state index contributed by atoms with van der Waals surface area (Å²) in [6.45, 7) is 4.00. The molecule has 1 aromatic carbocycles. The van der Waals surface area contributed by atoms with Gasteiger partial charge in [0.2, 0.25) is 0 Å². The van der Waals surface area contributed by atoms with Crippen LogP contribution in [-0.2, 0) is 0 Å². The number of hydrogen-bond donors (Lipinski definition) is 0. The van der Waals surface area contributed by atoms with E-state index in [1.807, 2.05) is 18.2 Å². The zero-order chi connectivity index (χ0) is 14.8. The molecule has 0 N–H and O–H groups in total. The predicted octanol–water partition coefficient (Wildman–Crippen LogP) is 3.12. The number of hydrogen-bond acceptors (Lipinski definition) is 5. The number of hydrazone groups is 1. The lowest BCUT2D eigenvalue weighted by molar-refractivity contribution is -0.384. The van der Waals surface area contributed by atoms with Crippen LogP contribution in [0.4, 0.5) is 11.5 Å². The topological polar surface area (TPSA) is 71.6 Å². The van der Waals surface area contributed by atoms with Gasteiger partial charge in [0.05, 0.1) is 10.6 Å². The molecule has 0 amide bonds. The third-order valence-electron chi connectivity index (χ3n) is 3.17. The van der Waals surface area contributed by atoms with Crippen molar-refractivity contribution < 1.29 is 4.92 Å². The average Bonchev–Trinajstić information content (AvgIpc) is 2.90. The lowest BCUT2D eigenvalue weighted by atomic mass is 10.1. The first kappa shape index (κ1) is 13.0. The molecule has 0 fully saturated rings. The lowest BCUT2D eigenvalue weighted by Crippen LogP contribution is -2.10. The van der Waals surface area contributed by atoms with Crippen LogP contribution in [-0.4, -0.2) is 15.6 Å². The number of non-ortho nitro benzene ring substituents is 1. The number of rotatable bonds is 3. The summed E-state index contributed by atoms with van der Waals surface area (Å²) in [6, 6.07) is 11.9. The molecular formula is C15H12N4O2. The molecule has 0 bridgehead atoms. The number of anilines is 1. The van der Waals surface area contributed by atoms with E-state index in [0.29, 0.717) is 12.2 Å². The van der Waals surface area contributed by atoms with E-state index in [1.165, 1.54) is 12.1 Å². The molecule has 2 aromatic rings. The van der Waals surface area contributed by atoms with Crippen LogP contribution in [0.3, 0.4) is 0 Å². The molecule has 0 aliphatic carbocycles. The monoisotopic (exact) mass is 280 g/mol. The Morgan fingerprint density at radius 1 is 1.19 bits per heavy atom. The van der Waals surface area contributed by atoms with Crippen molar-refractivity contribution in [2.75, 3.05) is 5.01 Å². The highest BCUT2D eigenvalue weighted by Crippen LogP contribution is 2.27. The van der Waals surface area contributed by atoms with E-state index in [0.717, 1.165) is 17.0 Å². The molecule has 0 saturated heterocycles. The van der Waals surface area contributed by atoms with Gasteiger partial charge in [-0.2, -0.15) is 5.10 Å². The van der Waals surface area contributed by atoms with E-state index in [2.05, 4.69) is 16.7 Å². The van der Waals surface area contributed by atoms with Gasteiger partial charge in [-0.1, -0.05) is 12.6 Å². The number of nitrogens with zero attached hydrogens (tertiary/aromatic N) is 4.